The number of ether oxygens (including phenoxy) is 1. The standard InChI is InChI=1S/C12H20O3/c1-11(2)7-9(11)12(3)6-4-5-8(15-12)10(13)14/h8-9H,4-7H2,1-3H3,(H,13,14). The molecule has 0 amide bonds. The van der Waals surface area contributed by atoms with E-state index in [1.54, 1.807) is 0 Å². The summed E-state index contributed by atoms with van der Waals surface area (Å²) in [5.74, 6) is -0.272. The molecule has 3 heteroatoms. The van der Waals surface area contributed by atoms with Gasteiger partial charge in [0.05, 0.1) is 5.60 Å². The van der Waals surface area contributed by atoms with Crippen LogP contribution >= 0.6 is 0 Å². The largest absolute Gasteiger partial charge is 0.479 e. The van der Waals surface area contributed by atoms with Crippen molar-refractivity contribution in [2.45, 2.75) is 58.2 Å². The number of carbonyl (C=O) groups is 1. The van der Waals surface area contributed by atoms with Crippen LogP contribution in [0.15, 0.2) is 0 Å². The third-order valence-corrected chi connectivity index (χ3v) is 4.08. The molecule has 0 spiro atoms. The molecule has 3 unspecified atom stereocenters. The summed E-state index contributed by atoms with van der Waals surface area (Å²) < 4.78 is 5.80. The Bertz CT molecular complexity index is 285. The maximum absolute atomic E-state index is 10.9. The van der Waals surface area contributed by atoms with Gasteiger partial charge in [-0.15, -0.1) is 0 Å². The van der Waals surface area contributed by atoms with Gasteiger partial charge in [-0.3, -0.25) is 0 Å². The van der Waals surface area contributed by atoms with Gasteiger partial charge in [-0.05, 0) is 43.9 Å². The third kappa shape index (κ3) is 1.89. The number of rotatable bonds is 2. The molecule has 1 N–H and O–H groups in total. The van der Waals surface area contributed by atoms with E-state index in [0.29, 0.717) is 17.8 Å². The molecule has 1 heterocycles. The van der Waals surface area contributed by atoms with Crippen molar-refractivity contribution in [2.75, 3.05) is 0 Å². The second-order valence-corrected chi connectivity index (χ2v) is 5.89. The van der Waals surface area contributed by atoms with E-state index in [-0.39, 0.29) is 5.60 Å². The molecule has 1 aliphatic carbocycles. The van der Waals surface area contributed by atoms with Crippen LogP contribution < -0.4 is 0 Å². The maximum atomic E-state index is 10.9. The normalized spacial score (nSPS) is 43.7. The zero-order valence-corrected chi connectivity index (χ0v) is 9.75. The Morgan fingerprint density at radius 2 is 2.00 bits per heavy atom. The van der Waals surface area contributed by atoms with Gasteiger partial charge in [0.1, 0.15) is 0 Å². The topological polar surface area (TPSA) is 46.5 Å². The number of hydrogen-bond acceptors (Lipinski definition) is 2. The van der Waals surface area contributed by atoms with Crippen molar-refractivity contribution in [3.05, 3.63) is 0 Å². The van der Waals surface area contributed by atoms with E-state index in [9.17, 15) is 4.79 Å². The first-order chi connectivity index (χ1) is 6.85. The van der Waals surface area contributed by atoms with Gasteiger partial charge < -0.3 is 9.84 Å². The summed E-state index contributed by atoms with van der Waals surface area (Å²) in [6.07, 6.45) is 3.22. The van der Waals surface area contributed by atoms with Crippen LogP contribution in [0.2, 0.25) is 0 Å². The van der Waals surface area contributed by atoms with Crippen LogP contribution in [0.5, 0.6) is 0 Å². The monoisotopic (exact) mass is 212 g/mol. The highest BCUT2D eigenvalue weighted by Crippen LogP contribution is 2.60. The first-order valence-electron chi connectivity index (χ1n) is 5.76. The average Bonchev–Trinajstić information content (AvgIpc) is 2.76. The summed E-state index contributed by atoms with van der Waals surface area (Å²) in [6.45, 7) is 6.55. The summed E-state index contributed by atoms with van der Waals surface area (Å²) in [5.41, 5.74) is 0.139. The molecule has 15 heavy (non-hydrogen) atoms. The third-order valence-electron chi connectivity index (χ3n) is 4.08. The van der Waals surface area contributed by atoms with Gasteiger partial charge in [-0.1, -0.05) is 13.8 Å². The SMILES string of the molecule is CC1(C)CC1C1(C)CCCC(C(=O)O)O1. The summed E-state index contributed by atoms with van der Waals surface area (Å²) in [7, 11) is 0. The van der Waals surface area contributed by atoms with Gasteiger partial charge in [-0.2, -0.15) is 0 Å². The lowest BCUT2D eigenvalue weighted by molar-refractivity contribution is -0.177. The van der Waals surface area contributed by atoms with Gasteiger partial charge >= 0.3 is 5.97 Å². The summed E-state index contributed by atoms with van der Waals surface area (Å²) in [4.78, 5) is 10.9. The lowest BCUT2D eigenvalue weighted by Gasteiger charge is -2.38. The Balaban J connectivity index is 2.06. The fraction of sp³-hybridized carbons (Fsp3) is 0.917. The number of hydrogen-bond donors (Lipinski definition) is 1. The molecule has 2 aliphatic rings. The Morgan fingerprint density at radius 3 is 2.47 bits per heavy atom. The van der Waals surface area contributed by atoms with Crippen LogP contribution in [0.25, 0.3) is 0 Å². The molecule has 3 nitrogen and oxygen atoms in total. The maximum Gasteiger partial charge on any atom is 0.332 e. The molecule has 0 aromatic rings. The van der Waals surface area contributed by atoms with E-state index in [1.807, 2.05) is 0 Å². The lowest BCUT2D eigenvalue weighted by atomic mass is 9.85. The Kier molecular flexibility index (Phi) is 2.34. The van der Waals surface area contributed by atoms with Crippen molar-refractivity contribution in [1.82, 2.24) is 0 Å². The predicted molar refractivity (Wildman–Crippen MR) is 56.7 cm³/mol. The molecule has 2 fully saturated rings. The first-order valence-corrected chi connectivity index (χ1v) is 5.76. The van der Waals surface area contributed by atoms with Crippen molar-refractivity contribution in [3.63, 3.8) is 0 Å². The number of carboxylic acids is 1. The molecule has 0 bridgehead atoms. The predicted octanol–water partition coefficient (Wildman–Crippen LogP) is 2.44. The van der Waals surface area contributed by atoms with Crippen LogP contribution in [0.1, 0.15) is 46.5 Å². The fourth-order valence-electron chi connectivity index (χ4n) is 3.02. The van der Waals surface area contributed by atoms with E-state index in [2.05, 4.69) is 20.8 Å². The molecule has 1 saturated heterocycles. The molecule has 0 aromatic carbocycles. The summed E-state index contributed by atoms with van der Waals surface area (Å²) in [5, 5.41) is 8.98. The van der Waals surface area contributed by atoms with Gasteiger partial charge in [0.15, 0.2) is 6.10 Å². The van der Waals surface area contributed by atoms with E-state index < -0.39 is 12.1 Å². The summed E-state index contributed by atoms with van der Waals surface area (Å²) >= 11 is 0. The highest BCUT2D eigenvalue weighted by atomic mass is 16.5. The Labute approximate surface area is 90.8 Å². The Morgan fingerprint density at radius 1 is 1.40 bits per heavy atom. The van der Waals surface area contributed by atoms with Crippen molar-refractivity contribution >= 4 is 5.97 Å². The quantitative estimate of drug-likeness (QED) is 0.764. The van der Waals surface area contributed by atoms with E-state index in [4.69, 9.17) is 9.84 Å². The highest BCUT2D eigenvalue weighted by molar-refractivity contribution is 5.72. The van der Waals surface area contributed by atoms with Gasteiger partial charge in [-0.25, -0.2) is 4.79 Å². The van der Waals surface area contributed by atoms with Crippen LogP contribution in [0.3, 0.4) is 0 Å². The van der Waals surface area contributed by atoms with Crippen LogP contribution in [0, 0.1) is 11.3 Å². The van der Waals surface area contributed by atoms with Crippen LogP contribution in [0.4, 0.5) is 0 Å². The molecule has 86 valence electrons. The van der Waals surface area contributed by atoms with Gasteiger partial charge in [0.2, 0.25) is 0 Å². The van der Waals surface area contributed by atoms with Crippen molar-refractivity contribution in [1.29, 1.82) is 0 Å². The fourth-order valence-corrected chi connectivity index (χ4v) is 3.02. The molecular weight excluding hydrogens is 192 g/mol. The minimum absolute atomic E-state index is 0.204. The zero-order chi connectivity index (χ0) is 11.3. The van der Waals surface area contributed by atoms with E-state index in [0.717, 1.165) is 19.3 Å². The van der Waals surface area contributed by atoms with Crippen LogP contribution in [-0.2, 0) is 9.53 Å². The molecule has 1 aliphatic heterocycles. The minimum Gasteiger partial charge on any atom is -0.479 e. The molecular formula is C12H20O3. The second kappa shape index (κ2) is 3.21. The number of carboxylic acid groups (broad SMARTS) is 1. The first kappa shape index (κ1) is 10.9. The van der Waals surface area contributed by atoms with E-state index >= 15 is 0 Å². The average molecular weight is 212 g/mol. The van der Waals surface area contributed by atoms with Crippen molar-refractivity contribution < 1.29 is 14.6 Å². The molecule has 3 atom stereocenters. The molecule has 0 radical (unpaired) electrons. The van der Waals surface area contributed by atoms with Gasteiger partial charge in [0, 0.05) is 0 Å². The van der Waals surface area contributed by atoms with Crippen LogP contribution in [-0.4, -0.2) is 22.8 Å². The Hall–Kier alpha value is -0.570. The second-order valence-electron chi connectivity index (χ2n) is 5.89. The molecule has 2 rings (SSSR count). The van der Waals surface area contributed by atoms with E-state index in [1.165, 1.54) is 0 Å². The van der Waals surface area contributed by atoms with Gasteiger partial charge in [0.25, 0.3) is 0 Å². The minimum atomic E-state index is -0.806. The molecule has 0 aromatic heterocycles. The number of aliphatic carboxylic acids is 1. The van der Waals surface area contributed by atoms with Crippen molar-refractivity contribution in [3.8, 4) is 0 Å². The lowest BCUT2D eigenvalue weighted by Crippen LogP contribution is -2.44. The smallest absolute Gasteiger partial charge is 0.332 e. The highest BCUT2D eigenvalue weighted by Gasteiger charge is 2.58. The molecule has 1 saturated carbocycles. The summed E-state index contributed by atoms with van der Waals surface area (Å²) in [6, 6.07) is 0. The zero-order valence-electron chi connectivity index (χ0n) is 9.75. The van der Waals surface area contributed by atoms with Crippen molar-refractivity contribution in [2.24, 2.45) is 11.3 Å².